The average Bonchev–Trinajstić information content (AvgIpc) is 2.76. The van der Waals surface area contributed by atoms with Gasteiger partial charge < -0.3 is 9.88 Å². The molecule has 1 atom stereocenters. The third-order valence-corrected chi connectivity index (χ3v) is 5.07. The number of hydrogen-bond acceptors (Lipinski definition) is 2. The highest BCUT2D eigenvalue weighted by Crippen LogP contribution is 2.40. The number of hydrogen-bond donors (Lipinski definition) is 1. The van der Waals surface area contributed by atoms with E-state index in [1.807, 2.05) is 0 Å². The standard InChI is InChI=1S/C17H24BrN3/c1-4-10-21-14-7-6-12(18)11-13(14)20-16(21)15-17(2,3)8-5-9-19-15/h6-7,11,15,19H,4-5,8-10H2,1-3H3. The number of piperidine rings is 1. The minimum Gasteiger partial charge on any atom is -0.327 e. The van der Waals surface area contributed by atoms with Crippen LogP contribution in [0.15, 0.2) is 22.7 Å². The largest absolute Gasteiger partial charge is 0.327 e. The van der Waals surface area contributed by atoms with Crippen LogP contribution < -0.4 is 5.32 Å². The predicted molar refractivity (Wildman–Crippen MR) is 91.5 cm³/mol. The molecule has 2 heterocycles. The molecule has 0 saturated carbocycles. The first-order chi connectivity index (χ1) is 10.0. The van der Waals surface area contributed by atoms with Crippen LogP contribution in [0.1, 0.15) is 51.9 Å². The SMILES string of the molecule is CCCn1c(C2NCCCC2(C)C)nc2cc(Br)ccc21. The number of halogens is 1. The predicted octanol–water partition coefficient (Wildman–Crippen LogP) is 4.66. The lowest BCUT2D eigenvalue weighted by Crippen LogP contribution is -2.41. The van der Waals surface area contributed by atoms with Gasteiger partial charge in [0.2, 0.25) is 0 Å². The van der Waals surface area contributed by atoms with E-state index in [2.05, 4.69) is 64.8 Å². The quantitative estimate of drug-likeness (QED) is 0.873. The number of benzene rings is 1. The Hall–Kier alpha value is -0.870. The number of nitrogens with one attached hydrogen (secondary N) is 1. The van der Waals surface area contributed by atoms with Crippen LogP contribution in [0.3, 0.4) is 0 Å². The molecule has 1 N–H and O–H groups in total. The van der Waals surface area contributed by atoms with Crippen molar-refractivity contribution in [1.29, 1.82) is 0 Å². The fourth-order valence-corrected chi connectivity index (χ4v) is 3.80. The van der Waals surface area contributed by atoms with E-state index in [4.69, 9.17) is 4.98 Å². The number of fused-ring (bicyclic) bond motifs is 1. The Morgan fingerprint density at radius 2 is 2.24 bits per heavy atom. The molecule has 0 bridgehead atoms. The van der Waals surface area contributed by atoms with E-state index in [1.54, 1.807) is 0 Å². The first-order valence-electron chi connectivity index (χ1n) is 7.92. The van der Waals surface area contributed by atoms with Gasteiger partial charge in [0.25, 0.3) is 0 Å². The molecule has 0 amide bonds. The molecule has 1 aliphatic rings. The Kier molecular flexibility index (Phi) is 4.10. The van der Waals surface area contributed by atoms with Crippen molar-refractivity contribution in [3.8, 4) is 0 Å². The summed E-state index contributed by atoms with van der Waals surface area (Å²) >= 11 is 3.56. The average molecular weight is 350 g/mol. The highest BCUT2D eigenvalue weighted by Gasteiger charge is 2.36. The Morgan fingerprint density at radius 3 is 2.95 bits per heavy atom. The van der Waals surface area contributed by atoms with Gasteiger partial charge in [0.15, 0.2) is 0 Å². The highest BCUT2D eigenvalue weighted by molar-refractivity contribution is 9.10. The van der Waals surface area contributed by atoms with Gasteiger partial charge in [0, 0.05) is 11.0 Å². The maximum absolute atomic E-state index is 4.98. The van der Waals surface area contributed by atoms with Crippen LogP contribution in [0.25, 0.3) is 11.0 Å². The van der Waals surface area contributed by atoms with Crippen molar-refractivity contribution in [2.24, 2.45) is 5.41 Å². The van der Waals surface area contributed by atoms with Crippen molar-refractivity contribution in [2.75, 3.05) is 6.54 Å². The molecule has 0 aliphatic carbocycles. The van der Waals surface area contributed by atoms with Gasteiger partial charge in [0.05, 0.1) is 17.1 Å². The minimum absolute atomic E-state index is 0.252. The zero-order valence-electron chi connectivity index (χ0n) is 13.1. The second-order valence-electron chi connectivity index (χ2n) is 6.73. The topological polar surface area (TPSA) is 29.9 Å². The van der Waals surface area contributed by atoms with Crippen LogP contribution in [0.2, 0.25) is 0 Å². The van der Waals surface area contributed by atoms with Gasteiger partial charge in [0.1, 0.15) is 5.82 Å². The molecule has 0 spiro atoms. The first-order valence-corrected chi connectivity index (χ1v) is 8.71. The van der Waals surface area contributed by atoms with Crippen molar-refractivity contribution < 1.29 is 0 Å². The molecule has 0 radical (unpaired) electrons. The normalized spacial score (nSPS) is 21.8. The maximum Gasteiger partial charge on any atom is 0.127 e. The zero-order valence-corrected chi connectivity index (χ0v) is 14.7. The molecule has 1 unspecified atom stereocenters. The molecule has 1 fully saturated rings. The molecule has 1 aliphatic heterocycles. The summed E-state index contributed by atoms with van der Waals surface area (Å²) in [5, 5.41) is 3.70. The van der Waals surface area contributed by atoms with E-state index in [1.165, 1.54) is 24.2 Å². The van der Waals surface area contributed by atoms with Crippen molar-refractivity contribution in [1.82, 2.24) is 14.9 Å². The van der Waals surface area contributed by atoms with E-state index in [0.717, 1.165) is 29.5 Å². The van der Waals surface area contributed by atoms with E-state index in [-0.39, 0.29) is 5.41 Å². The van der Waals surface area contributed by atoms with Crippen molar-refractivity contribution in [2.45, 2.75) is 52.6 Å². The Morgan fingerprint density at radius 1 is 1.43 bits per heavy atom. The summed E-state index contributed by atoms with van der Waals surface area (Å²) in [4.78, 5) is 4.98. The molecule has 3 nitrogen and oxygen atoms in total. The van der Waals surface area contributed by atoms with Crippen LogP contribution in [-0.4, -0.2) is 16.1 Å². The van der Waals surface area contributed by atoms with E-state index in [0.29, 0.717) is 6.04 Å². The van der Waals surface area contributed by atoms with E-state index in [9.17, 15) is 0 Å². The first kappa shape index (κ1) is 15.0. The molecule has 4 heteroatoms. The summed E-state index contributed by atoms with van der Waals surface area (Å²) in [7, 11) is 0. The lowest BCUT2D eigenvalue weighted by Gasteiger charge is -2.39. The van der Waals surface area contributed by atoms with Crippen molar-refractivity contribution >= 4 is 27.0 Å². The monoisotopic (exact) mass is 349 g/mol. The minimum atomic E-state index is 0.252. The van der Waals surface area contributed by atoms with Crippen molar-refractivity contribution in [3.05, 3.63) is 28.5 Å². The second kappa shape index (κ2) is 5.73. The molecular formula is C17H24BrN3. The summed E-state index contributed by atoms with van der Waals surface area (Å²) in [5.41, 5.74) is 2.59. The number of aryl methyl sites for hydroxylation is 1. The highest BCUT2D eigenvalue weighted by atomic mass is 79.9. The maximum atomic E-state index is 4.98. The van der Waals surface area contributed by atoms with Crippen LogP contribution in [0.4, 0.5) is 0 Å². The summed E-state index contributed by atoms with van der Waals surface area (Å²) in [6, 6.07) is 6.76. The van der Waals surface area contributed by atoms with Crippen molar-refractivity contribution in [3.63, 3.8) is 0 Å². The van der Waals surface area contributed by atoms with Gasteiger partial charge in [-0.2, -0.15) is 0 Å². The van der Waals surface area contributed by atoms with Crippen LogP contribution in [-0.2, 0) is 6.54 Å². The summed E-state index contributed by atoms with van der Waals surface area (Å²) in [6.45, 7) is 9.06. The lowest BCUT2D eigenvalue weighted by molar-refractivity contribution is 0.171. The van der Waals surface area contributed by atoms with Gasteiger partial charge in [-0.3, -0.25) is 0 Å². The third kappa shape index (κ3) is 2.76. The van der Waals surface area contributed by atoms with E-state index < -0.39 is 0 Å². The van der Waals surface area contributed by atoms with Gasteiger partial charge in [-0.15, -0.1) is 0 Å². The molecule has 2 aromatic rings. The van der Waals surface area contributed by atoms with Crippen LogP contribution in [0, 0.1) is 5.41 Å². The molecule has 1 saturated heterocycles. The zero-order chi connectivity index (χ0) is 15.0. The number of aromatic nitrogens is 2. The second-order valence-corrected chi connectivity index (χ2v) is 7.65. The number of imidazole rings is 1. The van der Waals surface area contributed by atoms with Crippen LogP contribution >= 0.6 is 15.9 Å². The Bertz CT molecular complexity index is 645. The molecule has 1 aromatic carbocycles. The fourth-order valence-electron chi connectivity index (χ4n) is 3.45. The van der Waals surface area contributed by atoms with Gasteiger partial charge in [-0.05, 0) is 49.4 Å². The van der Waals surface area contributed by atoms with Crippen LogP contribution in [0.5, 0.6) is 0 Å². The fraction of sp³-hybridized carbons (Fsp3) is 0.588. The molecular weight excluding hydrogens is 326 g/mol. The molecule has 114 valence electrons. The summed E-state index contributed by atoms with van der Waals surface area (Å²) in [6.07, 6.45) is 3.63. The molecule has 1 aromatic heterocycles. The van der Waals surface area contributed by atoms with Gasteiger partial charge in [-0.25, -0.2) is 4.98 Å². The molecule has 3 rings (SSSR count). The number of nitrogens with zero attached hydrogens (tertiary/aromatic N) is 2. The summed E-state index contributed by atoms with van der Waals surface area (Å²) < 4.78 is 3.51. The van der Waals surface area contributed by atoms with Gasteiger partial charge in [-0.1, -0.05) is 36.7 Å². The smallest absolute Gasteiger partial charge is 0.127 e. The molecule has 21 heavy (non-hydrogen) atoms. The Labute approximate surface area is 135 Å². The van der Waals surface area contributed by atoms with E-state index >= 15 is 0 Å². The Balaban J connectivity index is 2.14. The summed E-state index contributed by atoms with van der Waals surface area (Å²) in [5.74, 6) is 1.20. The third-order valence-electron chi connectivity index (χ3n) is 4.57. The van der Waals surface area contributed by atoms with Gasteiger partial charge >= 0.3 is 0 Å². The number of rotatable bonds is 3. The lowest BCUT2D eigenvalue weighted by atomic mass is 9.77.